The molecule has 0 saturated heterocycles. The van der Waals surface area contributed by atoms with Crippen molar-refractivity contribution in [1.82, 2.24) is 10.3 Å². The SMILES string of the molecule is O=C(NCC(F)(F)F)c1ccc(-c2nc3ccccc3s2)s1. The second kappa shape index (κ2) is 5.69. The first-order valence-electron chi connectivity index (χ1n) is 6.23. The van der Waals surface area contributed by atoms with Gasteiger partial charge < -0.3 is 5.32 Å². The number of rotatable bonds is 3. The van der Waals surface area contributed by atoms with Crippen LogP contribution in [0.1, 0.15) is 9.67 Å². The van der Waals surface area contributed by atoms with Crippen LogP contribution in [0.5, 0.6) is 0 Å². The molecular formula is C14H9F3N2OS2. The third kappa shape index (κ3) is 3.28. The van der Waals surface area contributed by atoms with Gasteiger partial charge in [0.2, 0.25) is 0 Å². The molecule has 8 heteroatoms. The summed E-state index contributed by atoms with van der Waals surface area (Å²) in [5.74, 6) is -0.727. The fourth-order valence-corrected chi connectivity index (χ4v) is 3.76. The second-order valence-electron chi connectivity index (χ2n) is 4.45. The number of fused-ring (bicyclic) bond motifs is 1. The molecule has 0 aliphatic rings. The molecule has 0 bridgehead atoms. The molecule has 1 N–H and O–H groups in total. The molecule has 1 aromatic carbocycles. The number of nitrogens with zero attached hydrogens (tertiary/aromatic N) is 1. The van der Waals surface area contributed by atoms with E-state index in [4.69, 9.17) is 0 Å². The third-order valence-corrected chi connectivity index (χ3v) is 5.07. The van der Waals surface area contributed by atoms with Crippen LogP contribution in [-0.4, -0.2) is 23.6 Å². The van der Waals surface area contributed by atoms with Gasteiger partial charge in [-0.05, 0) is 24.3 Å². The van der Waals surface area contributed by atoms with Crippen molar-refractivity contribution in [1.29, 1.82) is 0 Å². The number of carbonyl (C=O) groups is 1. The van der Waals surface area contributed by atoms with Crippen LogP contribution in [0, 0.1) is 0 Å². The average Bonchev–Trinajstić information content (AvgIpc) is 3.09. The Hall–Kier alpha value is -1.93. The van der Waals surface area contributed by atoms with E-state index in [0.717, 1.165) is 31.4 Å². The molecule has 0 unspecified atom stereocenters. The summed E-state index contributed by atoms with van der Waals surface area (Å²) in [6, 6.07) is 10.8. The van der Waals surface area contributed by atoms with E-state index in [-0.39, 0.29) is 4.88 Å². The largest absolute Gasteiger partial charge is 0.405 e. The predicted molar refractivity (Wildman–Crippen MR) is 81.3 cm³/mol. The van der Waals surface area contributed by atoms with Crippen LogP contribution < -0.4 is 5.32 Å². The van der Waals surface area contributed by atoms with Gasteiger partial charge >= 0.3 is 6.18 Å². The second-order valence-corrected chi connectivity index (χ2v) is 6.56. The molecule has 1 amide bonds. The average molecular weight is 342 g/mol. The molecule has 0 aliphatic carbocycles. The number of carbonyl (C=O) groups excluding carboxylic acids is 1. The summed E-state index contributed by atoms with van der Waals surface area (Å²) in [6.45, 7) is -1.33. The molecule has 3 nitrogen and oxygen atoms in total. The fraction of sp³-hybridized carbons (Fsp3) is 0.143. The van der Waals surface area contributed by atoms with Crippen molar-refractivity contribution in [3.8, 4) is 9.88 Å². The molecule has 0 radical (unpaired) electrons. The minimum Gasteiger partial charge on any atom is -0.342 e. The van der Waals surface area contributed by atoms with Crippen LogP contribution in [-0.2, 0) is 0 Å². The van der Waals surface area contributed by atoms with Crippen LogP contribution in [0.3, 0.4) is 0 Å². The first kappa shape index (κ1) is 15.0. The Morgan fingerprint density at radius 3 is 2.64 bits per heavy atom. The number of alkyl halides is 3. The van der Waals surface area contributed by atoms with E-state index in [1.165, 1.54) is 17.4 Å². The Bertz CT molecular complexity index is 790. The van der Waals surface area contributed by atoms with Gasteiger partial charge in [0.05, 0.1) is 20.0 Å². The predicted octanol–water partition coefficient (Wildman–Crippen LogP) is 4.32. The summed E-state index contributed by atoms with van der Waals surface area (Å²) in [5.41, 5.74) is 0.860. The lowest BCUT2D eigenvalue weighted by molar-refractivity contribution is -0.123. The zero-order chi connectivity index (χ0) is 15.7. The Kier molecular flexibility index (Phi) is 3.88. The fourth-order valence-electron chi connectivity index (χ4n) is 1.82. The number of aromatic nitrogens is 1. The first-order chi connectivity index (χ1) is 10.4. The summed E-state index contributed by atoms with van der Waals surface area (Å²) in [6.07, 6.45) is -4.41. The molecule has 0 fully saturated rings. The standard InChI is InChI=1S/C14H9F3N2OS2/c15-14(16,17)7-18-12(20)10-5-6-11(21-10)13-19-8-3-1-2-4-9(8)22-13/h1-6H,7H2,(H,18,20). The van der Waals surface area contributed by atoms with E-state index in [9.17, 15) is 18.0 Å². The van der Waals surface area contributed by atoms with Gasteiger partial charge in [-0.3, -0.25) is 4.79 Å². The monoisotopic (exact) mass is 342 g/mol. The van der Waals surface area contributed by atoms with Crippen LogP contribution >= 0.6 is 22.7 Å². The number of halogens is 3. The zero-order valence-corrected chi connectivity index (χ0v) is 12.6. The molecular weight excluding hydrogens is 333 g/mol. The van der Waals surface area contributed by atoms with Crippen molar-refractivity contribution in [2.45, 2.75) is 6.18 Å². The van der Waals surface area contributed by atoms with Gasteiger partial charge in [0.25, 0.3) is 5.91 Å². The minimum atomic E-state index is -4.41. The minimum absolute atomic E-state index is 0.235. The number of para-hydroxylation sites is 1. The van der Waals surface area contributed by atoms with Crippen molar-refractivity contribution in [2.24, 2.45) is 0 Å². The molecule has 0 aliphatic heterocycles. The number of thiophene rings is 1. The Labute approximate surface area is 131 Å². The maximum absolute atomic E-state index is 12.1. The van der Waals surface area contributed by atoms with E-state index in [0.29, 0.717) is 0 Å². The maximum atomic E-state index is 12.1. The van der Waals surface area contributed by atoms with Crippen LogP contribution in [0.15, 0.2) is 36.4 Å². The number of hydrogen-bond acceptors (Lipinski definition) is 4. The van der Waals surface area contributed by atoms with Gasteiger partial charge in [0.15, 0.2) is 0 Å². The van der Waals surface area contributed by atoms with Crippen molar-refractivity contribution < 1.29 is 18.0 Å². The van der Waals surface area contributed by atoms with E-state index in [1.807, 2.05) is 29.6 Å². The van der Waals surface area contributed by atoms with Gasteiger partial charge in [0, 0.05) is 0 Å². The van der Waals surface area contributed by atoms with E-state index in [2.05, 4.69) is 4.98 Å². The molecule has 2 heterocycles. The molecule has 0 spiro atoms. The van der Waals surface area contributed by atoms with Gasteiger partial charge in [0.1, 0.15) is 11.6 Å². The van der Waals surface area contributed by atoms with Gasteiger partial charge in [-0.2, -0.15) is 13.2 Å². The van der Waals surface area contributed by atoms with E-state index < -0.39 is 18.6 Å². The highest BCUT2D eigenvalue weighted by atomic mass is 32.1. The molecule has 3 rings (SSSR count). The summed E-state index contributed by atoms with van der Waals surface area (Å²) >= 11 is 2.61. The van der Waals surface area contributed by atoms with E-state index >= 15 is 0 Å². The lowest BCUT2D eigenvalue weighted by Gasteiger charge is -2.06. The number of amides is 1. The lowest BCUT2D eigenvalue weighted by Crippen LogP contribution is -2.33. The summed E-state index contributed by atoms with van der Waals surface area (Å²) < 4.78 is 37.3. The maximum Gasteiger partial charge on any atom is 0.405 e. The quantitative estimate of drug-likeness (QED) is 0.770. The lowest BCUT2D eigenvalue weighted by atomic mass is 10.3. The van der Waals surface area contributed by atoms with Crippen LogP contribution in [0.25, 0.3) is 20.1 Å². The Morgan fingerprint density at radius 2 is 1.91 bits per heavy atom. The molecule has 2 aromatic heterocycles. The van der Waals surface area contributed by atoms with Crippen molar-refractivity contribution in [2.75, 3.05) is 6.54 Å². The number of benzene rings is 1. The topological polar surface area (TPSA) is 42.0 Å². The van der Waals surface area contributed by atoms with Crippen molar-refractivity contribution in [3.63, 3.8) is 0 Å². The smallest absolute Gasteiger partial charge is 0.342 e. The Morgan fingerprint density at radius 1 is 1.14 bits per heavy atom. The van der Waals surface area contributed by atoms with Gasteiger partial charge in [-0.25, -0.2) is 4.98 Å². The summed E-state index contributed by atoms with van der Waals surface area (Å²) in [7, 11) is 0. The van der Waals surface area contributed by atoms with E-state index in [1.54, 1.807) is 6.07 Å². The summed E-state index contributed by atoms with van der Waals surface area (Å²) in [4.78, 5) is 17.1. The van der Waals surface area contributed by atoms with Crippen LogP contribution in [0.2, 0.25) is 0 Å². The molecule has 114 valence electrons. The molecule has 22 heavy (non-hydrogen) atoms. The van der Waals surface area contributed by atoms with Gasteiger partial charge in [-0.15, -0.1) is 22.7 Å². The zero-order valence-electron chi connectivity index (χ0n) is 11.0. The highest BCUT2D eigenvalue weighted by molar-refractivity contribution is 7.26. The third-order valence-electron chi connectivity index (χ3n) is 2.78. The first-order valence-corrected chi connectivity index (χ1v) is 7.86. The number of hydrogen-bond donors (Lipinski definition) is 1. The molecule has 0 saturated carbocycles. The highest BCUT2D eigenvalue weighted by Gasteiger charge is 2.28. The van der Waals surface area contributed by atoms with Crippen LogP contribution in [0.4, 0.5) is 13.2 Å². The van der Waals surface area contributed by atoms with Crippen molar-refractivity contribution >= 4 is 38.8 Å². The highest BCUT2D eigenvalue weighted by Crippen LogP contribution is 2.34. The Balaban J connectivity index is 1.79. The van der Waals surface area contributed by atoms with Gasteiger partial charge in [-0.1, -0.05) is 12.1 Å². The number of nitrogens with one attached hydrogen (secondary N) is 1. The van der Waals surface area contributed by atoms with Crippen molar-refractivity contribution in [3.05, 3.63) is 41.3 Å². The summed E-state index contributed by atoms with van der Waals surface area (Å²) in [5, 5.41) is 2.61. The normalized spacial score (nSPS) is 11.8. The number of thiazole rings is 1. The molecule has 3 aromatic rings. The molecule has 0 atom stereocenters.